The maximum absolute atomic E-state index is 13.9. The van der Waals surface area contributed by atoms with Crippen LogP contribution in [0.3, 0.4) is 0 Å². The Hall–Kier alpha value is -1.97. The van der Waals surface area contributed by atoms with Crippen LogP contribution in [0.4, 0.5) is 13.2 Å². The molecule has 0 aromatic heterocycles. The molecule has 1 N–H and O–H groups in total. The van der Waals surface area contributed by atoms with E-state index in [1.807, 2.05) is 29.2 Å². The smallest absolute Gasteiger partial charge is 0.395 e. The van der Waals surface area contributed by atoms with Crippen LogP contribution in [0.1, 0.15) is 23.1 Å². The van der Waals surface area contributed by atoms with Crippen molar-refractivity contribution in [3.8, 4) is 11.1 Å². The molecule has 5 nitrogen and oxygen atoms in total. The molecule has 2 aliphatic rings. The van der Waals surface area contributed by atoms with Crippen LogP contribution in [0.25, 0.3) is 11.1 Å². The number of aliphatic hydroxyl groups is 1. The van der Waals surface area contributed by atoms with E-state index in [0.717, 1.165) is 37.2 Å². The van der Waals surface area contributed by atoms with Crippen LogP contribution in [0.2, 0.25) is 0 Å². The lowest BCUT2D eigenvalue weighted by atomic mass is 9.97. The average molecular weight is 465 g/mol. The molecule has 0 unspecified atom stereocenters. The SMILES string of the molecule is OCCN1CCN(Cc2ccc(-c3ccc(CO[C@@H]4CCOC4)cc3)cc2C(F)(F)F)CC1. The van der Waals surface area contributed by atoms with E-state index in [2.05, 4.69) is 4.90 Å². The van der Waals surface area contributed by atoms with Crippen molar-refractivity contribution in [2.24, 2.45) is 0 Å². The molecule has 8 heteroatoms. The molecule has 2 aliphatic heterocycles. The third kappa shape index (κ3) is 6.55. The van der Waals surface area contributed by atoms with Crippen molar-refractivity contribution in [1.29, 1.82) is 0 Å². The predicted octanol–water partition coefficient (Wildman–Crippen LogP) is 3.79. The lowest BCUT2D eigenvalue weighted by Gasteiger charge is -2.34. The molecule has 0 bridgehead atoms. The summed E-state index contributed by atoms with van der Waals surface area (Å²) in [7, 11) is 0. The zero-order chi connectivity index (χ0) is 23.3. The van der Waals surface area contributed by atoms with Crippen molar-refractivity contribution in [3.63, 3.8) is 0 Å². The van der Waals surface area contributed by atoms with Gasteiger partial charge in [-0.15, -0.1) is 0 Å². The molecule has 2 aromatic rings. The van der Waals surface area contributed by atoms with E-state index in [9.17, 15) is 13.2 Å². The number of rotatable bonds is 8. The van der Waals surface area contributed by atoms with Gasteiger partial charge in [0.05, 0.1) is 31.5 Å². The number of alkyl halides is 3. The minimum absolute atomic E-state index is 0.100. The van der Waals surface area contributed by atoms with Gasteiger partial charge in [-0.3, -0.25) is 9.80 Å². The van der Waals surface area contributed by atoms with E-state index in [1.165, 1.54) is 6.07 Å². The predicted molar refractivity (Wildman–Crippen MR) is 120 cm³/mol. The lowest BCUT2D eigenvalue weighted by Crippen LogP contribution is -2.46. The number of hydrogen-bond donors (Lipinski definition) is 1. The number of ether oxygens (including phenoxy) is 2. The first kappa shape index (κ1) is 24.2. The molecule has 0 aliphatic carbocycles. The number of piperazine rings is 1. The van der Waals surface area contributed by atoms with Crippen molar-refractivity contribution in [2.75, 3.05) is 52.5 Å². The molecule has 2 heterocycles. The van der Waals surface area contributed by atoms with Gasteiger partial charge in [0, 0.05) is 45.9 Å². The minimum atomic E-state index is -4.42. The molecule has 0 amide bonds. The molecule has 2 saturated heterocycles. The molecule has 4 rings (SSSR count). The van der Waals surface area contributed by atoms with Gasteiger partial charge in [0.1, 0.15) is 0 Å². The lowest BCUT2D eigenvalue weighted by molar-refractivity contribution is -0.138. The van der Waals surface area contributed by atoms with Gasteiger partial charge in [-0.2, -0.15) is 13.2 Å². The fourth-order valence-corrected chi connectivity index (χ4v) is 4.36. The minimum Gasteiger partial charge on any atom is -0.395 e. The Morgan fingerprint density at radius 2 is 1.67 bits per heavy atom. The maximum atomic E-state index is 13.9. The van der Waals surface area contributed by atoms with Gasteiger partial charge in [-0.05, 0) is 34.7 Å². The van der Waals surface area contributed by atoms with E-state index in [0.29, 0.717) is 44.0 Å². The number of hydrogen-bond acceptors (Lipinski definition) is 5. The first-order chi connectivity index (χ1) is 15.9. The first-order valence-electron chi connectivity index (χ1n) is 11.5. The molecule has 180 valence electrons. The van der Waals surface area contributed by atoms with Gasteiger partial charge in [-0.25, -0.2) is 0 Å². The molecule has 0 saturated carbocycles. The first-order valence-corrected chi connectivity index (χ1v) is 11.5. The molecule has 1 atom stereocenters. The third-order valence-electron chi connectivity index (χ3n) is 6.35. The largest absolute Gasteiger partial charge is 0.416 e. The standard InChI is InChI=1S/C25H31F3N2O3/c26-25(27,28)24-15-21(5-6-22(24)16-30-10-8-29(9-11-30)12-13-31)20-3-1-19(2-4-20)17-33-23-7-14-32-18-23/h1-6,15,23,31H,7-14,16-18H2/t23-/m1/s1. The van der Waals surface area contributed by atoms with Crippen LogP contribution in [0, 0.1) is 0 Å². The molecular weight excluding hydrogens is 433 g/mol. The van der Waals surface area contributed by atoms with Crippen molar-refractivity contribution in [2.45, 2.75) is 31.9 Å². The Labute approximate surface area is 192 Å². The monoisotopic (exact) mass is 464 g/mol. The van der Waals surface area contributed by atoms with Gasteiger partial charge in [0.25, 0.3) is 0 Å². The quantitative estimate of drug-likeness (QED) is 0.644. The van der Waals surface area contributed by atoms with Crippen LogP contribution in [-0.2, 0) is 28.8 Å². The Balaban J connectivity index is 1.44. The summed E-state index contributed by atoms with van der Waals surface area (Å²) in [6.07, 6.45) is -3.41. The van der Waals surface area contributed by atoms with E-state index in [1.54, 1.807) is 12.1 Å². The Morgan fingerprint density at radius 1 is 0.970 bits per heavy atom. The fraction of sp³-hybridized carbons (Fsp3) is 0.520. The second-order valence-corrected chi connectivity index (χ2v) is 8.70. The highest BCUT2D eigenvalue weighted by Crippen LogP contribution is 2.36. The van der Waals surface area contributed by atoms with Gasteiger partial charge in [0.15, 0.2) is 0 Å². The number of halogens is 3. The average Bonchev–Trinajstić information content (AvgIpc) is 3.33. The Morgan fingerprint density at radius 3 is 2.30 bits per heavy atom. The summed E-state index contributed by atoms with van der Waals surface area (Å²) >= 11 is 0. The second kappa shape index (κ2) is 11.0. The summed E-state index contributed by atoms with van der Waals surface area (Å²) in [4.78, 5) is 4.17. The van der Waals surface area contributed by atoms with Crippen LogP contribution in [-0.4, -0.2) is 73.6 Å². The second-order valence-electron chi connectivity index (χ2n) is 8.70. The van der Waals surface area contributed by atoms with Crippen LogP contribution >= 0.6 is 0 Å². The number of benzene rings is 2. The molecule has 2 aromatic carbocycles. The fourth-order valence-electron chi connectivity index (χ4n) is 4.36. The van der Waals surface area contributed by atoms with Crippen LogP contribution in [0.15, 0.2) is 42.5 Å². The van der Waals surface area contributed by atoms with Gasteiger partial charge >= 0.3 is 6.18 Å². The van der Waals surface area contributed by atoms with Crippen molar-refractivity contribution in [3.05, 3.63) is 59.2 Å². The Bertz CT molecular complexity index is 891. The zero-order valence-electron chi connectivity index (χ0n) is 18.7. The summed E-state index contributed by atoms with van der Waals surface area (Å²) in [5.74, 6) is 0. The van der Waals surface area contributed by atoms with E-state index < -0.39 is 11.7 Å². The Kier molecular flexibility index (Phi) is 8.03. The molecule has 2 fully saturated rings. The van der Waals surface area contributed by atoms with Crippen molar-refractivity contribution in [1.82, 2.24) is 9.80 Å². The summed E-state index contributed by atoms with van der Waals surface area (Å²) in [5.41, 5.74) is 2.00. The number of nitrogens with zero attached hydrogens (tertiary/aromatic N) is 2. The van der Waals surface area contributed by atoms with Gasteiger partial charge in [-0.1, -0.05) is 36.4 Å². The van der Waals surface area contributed by atoms with Crippen LogP contribution in [0.5, 0.6) is 0 Å². The van der Waals surface area contributed by atoms with Gasteiger partial charge < -0.3 is 14.6 Å². The molecule has 33 heavy (non-hydrogen) atoms. The zero-order valence-corrected chi connectivity index (χ0v) is 18.7. The summed E-state index contributed by atoms with van der Waals surface area (Å²) in [6.45, 7) is 5.66. The van der Waals surface area contributed by atoms with E-state index in [4.69, 9.17) is 14.6 Å². The molecule has 0 spiro atoms. The third-order valence-corrected chi connectivity index (χ3v) is 6.35. The van der Waals surface area contributed by atoms with Crippen molar-refractivity contribution < 1.29 is 27.8 Å². The summed E-state index contributed by atoms with van der Waals surface area (Å²) in [6, 6.07) is 12.1. The maximum Gasteiger partial charge on any atom is 0.416 e. The molecule has 0 radical (unpaired) electrons. The summed E-state index contributed by atoms with van der Waals surface area (Å²) in [5, 5.41) is 9.06. The highest BCUT2D eigenvalue weighted by Gasteiger charge is 2.34. The highest BCUT2D eigenvalue weighted by molar-refractivity contribution is 5.65. The summed E-state index contributed by atoms with van der Waals surface area (Å²) < 4.78 is 52.8. The molecular formula is C25H31F3N2O3. The van der Waals surface area contributed by atoms with Gasteiger partial charge in [0.2, 0.25) is 0 Å². The van der Waals surface area contributed by atoms with Crippen molar-refractivity contribution >= 4 is 0 Å². The van der Waals surface area contributed by atoms with E-state index >= 15 is 0 Å². The highest BCUT2D eigenvalue weighted by atomic mass is 19.4. The number of β-amino-alcohol motifs (C(OH)–C–C–N with tert-alkyl or cyclic N) is 1. The van der Waals surface area contributed by atoms with Crippen LogP contribution < -0.4 is 0 Å². The van der Waals surface area contributed by atoms with E-state index in [-0.39, 0.29) is 19.3 Å². The topological polar surface area (TPSA) is 45.2 Å². The number of aliphatic hydroxyl groups excluding tert-OH is 1. The normalized spacial score (nSPS) is 20.4.